The molecule has 0 aliphatic carbocycles. The molecule has 0 saturated carbocycles. The zero-order chi connectivity index (χ0) is 20.4. The van der Waals surface area contributed by atoms with Crippen LogP contribution < -0.4 is 0 Å². The van der Waals surface area contributed by atoms with E-state index >= 15 is 0 Å². The predicted molar refractivity (Wildman–Crippen MR) is 115 cm³/mol. The van der Waals surface area contributed by atoms with Gasteiger partial charge < -0.3 is 4.90 Å². The van der Waals surface area contributed by atoms with Gasteiger partial charge in [-0.2, -0.15) is 9.40 Å². The highest BCUT2D eigenvalue weighted by molar-refractivity contribution is 7.89. The molecule has 7 heteroatoms. The van der Waals surface area contributed by atoms with Crippen molar-refractivity contribution in [2.75, 3.05) is 33.2 Å². The van der Waals surface area contributed by atoms with E-state index in [-0.39, 0.29) is 0 Å². The van der Waals surface area contributed by atoms with Gasteiger partial charge in [0.1, 0.15) is 0 Å². The van der Waals surface area contributed by atoms with Gasteiger partial charge in [0, 0.05) is 25.8 Å². The van der Waals surface area contributed by atoms with Crippen molar-refractivity contribution < 1.29 is 8.42 Å². The van der Waals surface area contributed by atoms with Crippen LogP contribution in [0.1, 0.15) is 12.0 Å². The number of H-pyrrole nitrogens is 1. The molecule has 1 aliphatic heterocycles. The number of hydrogen-bond donors (Lipinski definition) is 1. The van der Waals surface area contributed by atoms with Gasteiger partial charge in [0.05, 0.1) is 10.6 Å². The van der Waals surface area contributed by atoms with Gasteiger partial charge in [0.2, 0.25) is 10.0 Å². The molecular formula is C22H26N4O2S. The Bertz CT molecular complexity index is 1080. The lowest BCUT2D eigenvalue weighted by molar-refractivity contribution is 0.347. The number of aromatic amines is 1. The summed E-state index contributed by atoms with van der Waals surface area (Å²) in [6.07, 6.45) is 2.59. The fraction of sp³-hybridized carbons (Fsp3) is 0.318. The van der Waals surface area contributed by atoms with Crippen LogP contribution in [0.3, 0.4) is 0 Å². The molecule has 0 radical (unpaired) electrons. The van der Waals surface area contributed by atoms with Crippen molar-refractivity contribution in [1.29, 1.82) is 0 Å². The molecule has 0 unspecified atom stereocenters. The zero-order valence-electron chi connectivity index (χ0n) is 16.8. The van der Waals surface area contributed by atoms with E-state index in [1.165, 1.54) is 0 Å². The number of aryl methyl sites for hydroxylation is 1. The highest BCUT2D eigenvalue weighted by atomic mass is 32.2. The standard InChI is InChI=1S/C22H26N4O2S/c1-17-16-20(29(27,28)26-13-3-12-25(2)14-15-26)8-9-21(17)18-4-6-19(7-5-18)22-10-11-23-24-22/h4-11,16H,3,12-15H2,1-2H3,(H,23,24). The van der Waals surface area contributed by atoms with Crippen LogP contribution in [-0.4, -0.2) is 61.0 Å². The molecule has 1 aliphatic rings. The summed E-state index contributed by atoms with van der Waals surface area (Å²) in [5.41, 5.74) is 5.08. The molecule has 152 valence electrons. The Morgan fingerprint density at radius 3 is 2.38 bits per heavy atom. The minimum atomic E-state index is -3.47. The van der Waals surface area contributed by atoms with E-state index < -0.39 is 10.0 Å². The molecule has 1 fully saturated rings. The minimum Gasteiger partial charge on any atom is -0.305 e. The van der Waals surface area contributed by atoms with Crippen molar-refractivity contribution >= 4 is 10.0 Å². The molecule has 3 aromatic rings. The summed E-state index contributed by atoms with van der Waals surface area (Å²) in [6, 6.07) is 15.6. The number of nitrogens with one attached hydrogen (secondary N) is 1. The lowest BCUT2D eigenvalue weighted by atomic mass is 9.99. The summed E-state index contributed by atoms with van der Waals surface area (Å²) in [6.45, 7) is 4.77. The molecule has 1 saturated heterocycles. The van der Waals surface area contributed by atoms with E-state index in [4.69, 9.17) is 0 Å². The van der Waals surface area contributed by atoms with Gasteiger partial charge >= 0.3 is 0 Å². The first-order chi connectivity index (χ1) is 13.9. The number of likely N-dealkylation sites (N-methyl/N-ethyl adjacent to an activating group) is 1. The first kappa shape index (κ1) is 19.8. The van der Waals surface area contributed by atoms with Gasteiger partial charge in [-0.15, -0.1) is 0 Å². The normalized spacial score (nSPS) is 16.6. The number of nitrogens with zero attached hydrogens (tertiary/aromatic N) is 3. The number of benzene rings is 2. The molecule has 29 heavy (non-hydrogen) atoms. The van der Waals surface area contributed by atoms with Gasteiger partial charge in [-0.25, -0.2) is 8.42 Å². The summed E-state index contributed by atoms with van der Waals surface area (Å²) < 4.78 is 27.9. The van der Waals surface area contributed by atoms with Crippen LogP contribution in [0, 0.1) is 6.92 Å². The maximum atomic E-state index is 13.1. The Morgan fingerprint density at radius 1 is 0.931 bits per heavy atom. The molecule has 0 bridgehead atoms. The van der Waals surface area contributed by atoms with E-state index in [1.54, 1.807) is 22.6 Å². The van der Waals surface area contributed by atoms with Crippen molar-refractivity contribution in [3.05, 3.63) is 60.3 Å². The Balaban J connectivity index is 1.59. The molecular weight excluding hydrogens is 384 g/mol. The third-order valence-electron chi connectivity index (χ3n) is 5.52. The summed E-state index contributed by atoms with van der Waals surface area (Å²) in [5, 5.41) is 6.95. The van der Waals surface area contributed by atoms with Crippen LogP contribution in [0.15, 0.2) is 59.6 Å². The van der Waals surface area contributed by atoms with Crippen molar-refractivity contribution in [2.45, 2.75) is 18.2 Å². The molecule has 0 amide bonds. The molecule has 0 spiro atoms. The van der Waals surface area contributed by atoms with Crippen molar-refractivity contribution in [2.24, 2.45) is 0 Å². The molecule has 6 nitrogen and oxygen atoms in total. The van der Waals surface area contributed by atoms with E-state index in [9.17, 15) is 8.42 Å². The van der Waals surface area contributed by atoms with Crippen LogP contribution >= 0.6 is 0 Å². The molecule has 0 atom stereocenters. The molecule has 1 aromatic heterocycles. The highest BCUT2D eigenvalue weighted by Gasteiger charge is 2.26. The lowest BCUT2D eigenvalue weighted by Gasteiger charge is -2.21. The predicted octanol–water partition coefficient (Wildman–Crippen LogP) is 3.38. The van der Waals surface area contributed by atoms with Gasteiger partial charge in [-0.05, 0) is 67.4 Å². The second-order valence-corrected chi connectivity index (χ2v) is 9.52. The number of aromatic nitrogens is 2. The SMILES string of the molecule is Cc1cc(S(=O)(=O)N2CCCN(C)CC2)ccc1-c1ccc(-c2ccn[nH]2)cc1. The second kappa shape index (κ2) is 8.10. The summed E-state index contributed by atoms with van der Waals surface area (Å²) in [7, 11) is -1.44. The molecule has 2 aromatic carbocycles. The first-order valence-corrected chi connectivity index (χ1v) is 11.3. The van der Waals surface area contributed by atoms with Crippen LogP contribution in [-0.2, 0) is 10.0 Å². The molecule has 4 rings (SSSR count). The Hall–Kier alpha value is -2.48. The molecule has 1 N–H and O–H groups in total. The molecule has 2 heterocycles. The third kappa shape index (κ3) is 4.12. The zero-order valence-corrected chi connectivity index (χ0v) is 17.6. The Labute approximate surface area is 172 Å². The summed E-state index contributed by atoms with van der Waals surface area (Å²) >= 11 is 0. The Morgan fingerprint density at radius 2 is 1.69 bits per heavy atom. The van der Waals surface area contributed by atoms with Crippen molar-refractivity contribution in [1.82, 2.24) is 19.4 Å². The van der Waals surface area contributed by atoms with Gasteiger partial charge in [0.25, 0.3) is 0 Å². The largest absolute Gasteiger partial charge is 0.305 e. The first-order valence-electron chi connectivity index (χ1n) is 9.85. The fourth-order valence-electron chi connectivity index (χ4n) is 3.78. The topological polar surface area (TPSA) is 69.3 Å². The lowest BCUT2D eigenvalue weighted by Crippen LogP contribution is -2.34. The maximum Gasteiger partial charge on any atom is 0.243 e. The van der Waals surface area contributed by atoms with Gasteiger partial charge in [-0.3, -0.25) is 5.10 Å². The second-order valence-electron chi connectivity index (χ2n) is 7.59. The van der Waals surface area contributed by atoms with Crippen LogP contribution in [0.2, 0.25) is 0 Å². The van der Waals surface area contributed by atoms with Crippen LogP contribution in [0.4, 0.5) is 0 Å². The van der Waals surface area contributed by atoms with Crippen LogP contribution in [0.25, 0.3) is 22.4 Å². The smallest absolute Gasteiger partial charge is 0.243 e. The average Bonchev–Trinajstić information content (AvgIpc) is 3.16. The van der Waals surface area contributed by atoms with E-state index in [1.807, 2.05) is 38.2 Å². The monoisotopic (exact) mass is 410 g/mol. The highest BCUT2D eigenvalue weighted by Crippen LogP contribution is 2.29. The van der Waals surface area contributed by atoms with E-state index in [0.717, 1.165) is 47.5 Å². The average molecular weight is 411 g/mol. The number of sulfonamides is 1. The third-order valence-corrected chi connectivity index (χ3v) is 7.42. The van der Waals surface area contributed by atoms with Gasteiger partial charge in [-0.1, -0.05) is 30.3 Å². The van der Waals surface area contributed by atoms with E-state index in [2.05, 4.69) is 27.2 Å². The number of rotatable bonds is 4. The fourth-order valence-corrected chi connectivity index (χ4v) is 5.33. The van der Waals surface area contributed by atoms with Crippen LogP contribution in [0.5, 0.6) is 0 Å². The number of hydrogen-bond acceptors (Lipinski definition) is 4. The Kier molecular flexibility index (Phi) is 5.54. The van der Waals surface area contributed by atoms with Gasteiger partial charge in [0.15, 0.2) is 0 Å². The summed E-state index contributed by atoms with van der Waals surface area (Å²) in [5.74, 6) is 0. The quantitative estimate of drug-likeness (QED) is 0.716. The maximum absolute atomic E-state index is 13.1. The van der Waals surface area contributed by atoms with E-state index in [0.29, 0.717) is 18.0 Å². The minimum absolute atomic E-state index is 0.373. The summed E-state index contributed by atoms with van der Waals surface area (Å²) in [4.78, 5) is 2.55. The van der Waals surface area contributed by atoms with Crippen molar-refractivity contribution in [3.63, 3.8) is 0 Å². The van der Waals surface area contributed by atoms with Crippen molar-refractivity contribution in [3.8, 4) is 22.4 Å².